The number of pyridine rings is 2. The average Bonchev–Trinajstić information content (AvgIpc) is 2.66. The fourth-order valence-electron chi connectivity index (χ4n) is 2.71. The van der Waals surface area contributed by atoms with Crippen molar-refractivity contribution in [3.05, 3.63) is 77.9 Å². The highest BCUT2D eigenvalue weighted by Gasteiger charge is 2.14. The minimum atomic E-state index is -3.39. The summed E-state index contributed by atoms with van der Waals surface area (Å²) in [7, 11) is -3.39. The molecule has 6 nitrogen and oxygen atoms in total. The SMILES string of the molecule is Cc1ccc(C(=O)NCc2cc(-c3ccncc3)ccn2)cc1S(C)(=O)=O. The molecule has 0 aliphatic heterocycles. The molecule has 1 amide bonds. The number of rotatable bonds is 5. The third-order valence-corrected chi connectivity index (χ3v) is 5.35. The third-order valence-electron chi connectivity index (χ3n) is 4.11. The fourth-order valence-corrected chi connectivity index (χ4v) is 3.71. The maximum absolute atomic E-state index is 12.4. The number of amides is 1. The van der Waals surface area contributed by atoms with Gasteiger partial charge in [-0.25, -0.2) is 8.42 Å². The lowest BCUT2D eigenvalue weighted by Gasteiger charge is -2.09. The van der Waals surface area contributed by atoms with Crippen molar-refractivity contribution in [1.29, 1.82) is 0 Å². The molecule has 0 aliphatic rings. The topological polar surface area (TPSA) is 89.0 Å². The van der Waals surface area contributed by atoms with E-state index in [9.17, 15) is 13.2 Å². The van der Waals surface area contributed by atoms with Crippen molar-refractivity contribution in [1.82, 2.24) is 15.3 Å². The average molecular weight is 381 g/mol. The first-order valence-corrected chi connectivity index (χ1v) is 10.2. The largest absolute Gasteiger partial charge is 0.346 e. The third kappa shape index (κ3) is 4.57. The van der Waals surface area contributed by atoms with E-state index in [1.54, 1.807) is 37.6 Å². The number of carbonyl (C=O) groups is 1. The zero-order chi connectivity index (χ0) is 19.4. The van der Waals surface area contributed by atoms with Gasteiger partial charge in [-0.1, -0.05) is 6.07 Å². The molecule has 138 valence electrons. The van der Waals surface area contributed by atoms with Gasteiger partial charge in [0, 0.05) is 30.4 Å². The lowest BCUT2D eigenvalue weighted by Crippen LogP contribution is -2.23. The number of nitrogens with zero attached hydrogens (tertiary/aromatic N) is 2. The van der Waals surface area contributed by atoms with E-state index in [0.29, 0.717) is 16.8 Å². The number of hydrogen-bond donors (Lipinski definition) is 1. The molecule has 0 bridgehead atoms. The van der Waals surface area contributed by atoms with Crippen LogP contribution in [0.25, 0.3) is 11.1 Å². The number of nitrogens with one attached hydrogen (secondary N) is 1. The highest BCUT2D eigenvalue weighted by atomic mass is 32.2. The predicted molar refractivity (Wildman–Crippen MR) is 103 cm³/mol. The minimum Gasteiger partial charge on any atom is -0.346 e. The van der Waals surface area contributed by atoms with Gasteiger partial charge in [-0.15, -0.1) is 0 Å². The summed E-state index contributed by atoms with van der Waals surface area (Å²) >= 11 is 0. The van der Waals surface area contributed by atoms with E-state index in [1.807, 2.05) is 24.3 Å². The number of aromatic nitrogens is 2. The summed E-state index contributed by atoms with van der Waals surface area (Å²) in [4.78, 5) is 20.9. The lowest BCUT2D eigenvalue weighted by molar-refractivity contribution is 0.0950. The van der Waals surface area contributed by atoms with Crippen LogP contribution in [0.5, 0.6) is 0 Å². The van der Waals surface area contributed by atoms with E-state index in [-0.39, 0.29) is 17.3 Å². The van der Waals surface area contributed by atoms with E-state index < -0.39 is 9.84 Å². The van der Waals surface area contributed by atoms with Crippen LogP contribution in [0.2, 0.25) is 0 Å². The molecule has 1 N–H and O–H groups in total. The Morgan fingerprint density at radius 3 is 2.41 bits per heavy atom. The van der Waals surface area contributed by atoms with Crippen molar-refractivity contribution >= 4 is 15.7 Å². The molecule has 1 aromatic carbocycles. The first-order chi connectivity index (χ1) is 12.8. The van der Waals surface area contributed by atoms with Gasteiger partial charge in [-0.05, 0) is 60.0 Å². The Morgan fingerprint density at radius 2 is 1.70 bits per heavy atom. The van der Waals surface area contributed by atoms with Crippen LogP contribution < -0.4 is 5.32 Å². The molecule has 0 fully saturated rings. The molecule has 0 radical (unpaired) electrons. The number of aryl methyl sites for hydroxylation is 1. The summed E-state index contributed by atoms with van der Waals surface area (Å²) in [6.45, 7) is 1.94. The summed E-state index contributed by atoms with van der Waals surface area (Å²) in [5.74, 6) is -0.351. The summed E-state index contributed by atoms with van der Waals surface area (Å²) < 4.78 is 23.7. The number of hydrogen-bond acceptors (Lipinski definition) is 5. The van der Waals surface area contributed by atoms with Gasteiger partial charge in [0.1, 0.15) is 0 Å². The zero-order valence-corrected chi connectivity index (χ0v) is 15.8. The Labute approximate surface area is 158 Å². The van der Waals surface area contributed by atoms with E-state index in [2.05, 4.69) is 15.3 Å². The first-order valence-electron chi connectivity index (χ1n) is 8.29. The summed E-state index contributed by atoms with van der Waals surface area (Å²) in [6, 6.07) is 12.2. The molecule has 2 heterocycles. The predicted octanol–water partition coefficient (Wildman–Crippen LogP) is 2.79. The molecule has 27 heavy (non-hydrogen) atoms. The smallest absolute Gasteiger partial charge is 0.251 e. The van der Waals surface area contributed by atoms with Crippen LogP contribution in [0.1, 0.15) is 21.6 Å². The molecule has 7 heteroatoms. The molecular weight excluding hydrogens is 362 g/mol. The highest BCUT2D eigenvalue weighted by molar-refractivity contribution is 7.90. The normalized spacial score (nSPS) is 11.2. The Hall–Kier alpha value is -3.06. The van der Waals surface area contributed by atoms with Gasteiger partial charge in [0.05, 0.1) is 17.1 Å². The van der Waals surface area contributed by atoms with Gasteiger partial charge in [-0.3, -0.25) is 14.8 Å². The van der Waals surface area contributed by atoms with Gasteiger partial charge in [0.2, 0.25) is 0 Å². The Morgan fingerprint density at radius 1 is 1.00 bits per heavy atom. The molecular formula is C20H19N3O3S. The quantitative estimate of drug-likeness (QED) is 0.734. The van der Waals surface area contributed by atoms with E-state index in [4.69, 9.17) is 0 Å². The van der Waals surface area contributed by atoms with Crippen LogP contribution in [0.3, 0.4) is 0 Å². The molecule has 3 aromatic rings. The summed E-state index contributed by atoms with van der Waals surface area (Å²) in [6.07, 6.45) is 6.25. The van der Waals surface area contributed by atoms with Crippen molar-refractivity contribution < 1.29 is 13.2 Å². The second-order valence-corrected chi connectivity index (χ2v) is 8.19. The molecule has 0 saturated heterocycles. The van der Waals surface area contributed by atoms with Crippen LogP contribution in [0.4, 0.5) is 0 Å². The highest BCUT2D eigenvalue weighted by Crippen LogP contribution is 2.19. The lowest BCUT2D eigenvalue weighted by atomic mass is 10.1. The number of benzene rings is 1. The van der Waals surface area contributed by atoms with Crippen molar-refractivity contribution in [3.63, 3.8) is 0 Å². The molecule has 0 unspecified atom stereocenters. The van der Waals surface area contributed by atoms with Crippen molar-refractivity contribution in [2.75, 3.05) is 6.26 Å². The summed E-state index contributed by atoms with van der Waals surface area (Å²) in [5.41, 5.74) is 3.60. The number of carbonyl (C=O) groups excluding carboxylic acids is 1. The Bertz CT molecular complexity index is 1080. The van der Waals surface area contributed by atoms with Crippen LogP contribution in [0.15, 0.2) is 66.0 Å². The second-order valence-electron chi connectivity index (χ2n) is 6.21. The van der Waals surface area contributed by atoms with Gasteiger partial charge >= 0.3 is 0 Å². The Kier molecular flexibility index (Phi) is 5.32. The molecule has 3 rings (SSSR count). The molecule has 0 saturated carbocycles. The minimum absolute atomic E-state index is 0.160. The van der Waals surface area contributed by atoms with Gasteiger partial charge in [-0.2, -0.15) is 0 Å². The standard InChI is InChI=1S/C20H19N3O3S/c1-14-3-4-17(12-19(14)27(2,25)26)20(24)23-13-18-11-16(7-10-22-18)15-5-8-21-9-6-15/h3-12H,13H2,1-2H3,(H,23,24). The molecule has 2 aromatic heterocycles. The maximum atomic E-state index is 12.4. The van der Waals surface area contributed by atoms with Crippen LogP contribution in [-0.4, -0.2) is 30.5 Å². The maximum Gasteiger partial charge on any atom is 0.251 e. The van der Waals surface area contributed by atoms with Crippen LogP contribution in [0, 0.1) is 6.92 Å². The second kappa shape index (κ2) is 7.67. The van der Waals surface area contributed by atoms with Crippen LogP contribution in [-0.2, 0) is 16.4 Å². The van der Waals surface area contributed by atoms with Gasteiger partial charge in [0.25, 0.3) is 5.91 Å². The van der Waals surface area contributed by atoms with E-state index in [0.717, 1.165) is 17.4 Å². The monoisotopic (exact) mass is 381 g/mol. The van der Waals surface area contributed by atoms with Crippen molar-refractivity contribution in [2.45, 2.75) is 18.4 Å². The van der Waals surface area contributed by atoms with Crippen LogP contribution >= 0.6 is 0 Å². The summed E-state index contributed by atoms with van der Waals surface area (Å²) in [5, 5.41) is 2.78. The Balaban J connectivity index is 1.75. The van der Waals surface area contributed by atoms with E-state index >= 15 is 0 Å². The molecule has 0 atom stereocenters. The van der Waals surface area contributed by atoms with Gasteiger partial charge in [0.15, 0.2) is 9.84 Å². The van der Waals surface area contributed by atoms with E-state index in [1.165, 1.54) is 6.07 Å². The zero-order valence-electron chi connectivity index (χ0n) is 15.0. The van der Waals surface area contributed by atoms with Crippen molar-refractivity contribution in [2.24, 2.45) is 0 Å². The molecule has 0 spiro atoms. The van der Waals surface area contributed by atoms with Gasteiger partial charge < -0.3 is 5.32 Å². The van der Waals surface area contributed by atoms with Crippen molar-refractivity contribution in [3.8, 4) is 11.1 Å². The first kappa shape index (κ1) is 18.7. The number of sulfone groups is 1. The fraction of sp³-hybridized carbons (Fsp3) is 0.150. The molecule has 0 aliphatic carbocycles.